The average molecular weight is 499 g/mol. The summed E-state index contributed by atoms with van der Waals surface area (Å²) in [5.74, 6) is 0.357. The first-order valence-electron chi connectivity index (χ1n) is 9.95. The number of carbonyl (C=O) groups excluding carboxylic acids is 1. The molecule has 0 bridgehead atoms. The summed E-state index contributed by atoms with van der Waals surface area (Å²) in [7, 11) is 0. The number of rotatable bonds is 4. The highest BCUT2D eigenvalue weighted by molar-refractivity contribution is 9.10. The monoisotopic (exact) mass is 497 g/mol. The Morgan fingerprint density at radius 1 is 1.10 bits per heavy atom. The SMILES string of the molecule is O=C1CC(c2nc3ccccc3n2Cc2c(F)cccc2Cl)CN1c1cccc(Br)c1. The molecule has 1 aliphatic rings. The van der Waals surface area contributed by atoms with Crippen LogP contribution >= 0.6 is 27.5 Å². The number of carbonyl (C=O) groups is 1. The van der Waals surface area contributed by atoms with E-state index in [0.29, 0.717) is 23.6 Å². The second kappa shape index (κ2) is 8.09. The molecule has 5 rings (SSSR count). The van der Waals surface area contributed by atoms with Crippen molar-refractivity contribution in [2.45, 2.75) is 18.9 Å². The zero-order valence-electron chi connectivity index (χ0n) is 16.4. The Morgan fingerprint density at radius 2 is 1.90 bits per heavy atom. The van der Waals surface area contributed by atoms with Crippen LogP contribution in [0.2, 0.25) is 5.02 Å². The first-order valence-corrected chi connectivity index (χ1v) is 11.1. The standard InChI is InChI=1S/C24H18BrClFN3O/c25-16-5-3-6-17(12-16)29-13-15(11-23(29)31)24-28-21-9-1-2-10-22(21)30(24)14-18-19(26)7-4-8-20(18)27/h1-10,12,15H,11,13-14H2. The molecule has 1 aromatic heterocycles. The number of hydrogen-bond acceptors (Lipinski definition) is 2. The molecule has 156 valence electrons. The van der Waals surface area contributed by atoms with Crippen molar-refractivity contribution in [3.05, 3.63) is 93.4 Å². The third-order valence-electron chi connectivity index (χ3n) is 5.67. The van der Waals surface area contributed by atoms with Gasteiger partial charge in [-0.2, -0.15) is 0 Å². The molecule has 3 aromatic carbocycles. The van der Waals surface area contributed by atoms with Gasteiger partial charge < -0.3 is 9.47 Å². The van der Waals surface area contributed by atoms with Crippen LogP contribution in [0.25, 0.3) is 11.0 Å². The fourth-order valence-corrected chi connectivity index (χ4v) is 4.80. The molecule has 31 heavy (non-hydrogen) atoms. The number of fused-ring (bicyclic) bond motifs is 1. The quantitative estimate of drug-likeness (QED) is 0.338. The second-order valence-corrected chi connectivity index (χ2v) is 8.95. The highest BCUT2D eigenvalue weighted by Gasteiger charge is 2.35. The van der Waals surface area contributed by atoms with Gasteiger partial charge in [0.05, 0.1) is 17.6 Å². The Morgan fingerprint density at radius 3 is 2.71 bits per heavy atom. The first-order chi connectivity index (χ1) is 15.0. The highest BCUT2D eigenvalue weighted by Crippen LogP contribution is 2.35. The van der Waals surface area contributed by atoms with Gasteiger partial charge in [0, 0.05) is 39.6 Å². The molecule has 0 saturated carbocycles. The number of benzene rings is 3. The topological polar surface area (TPSA) is 38.1 Å². The molecule has 1 saturated heterocycles. The molecule has 1 aliphatic heterocycles. The van der Waals surface area contributed by atoms with Crippen molar-refractivity contribution in [1.29, 1.82) is 0 Å². The van der Waals surface area contributed by atoms with E-state index in [1.807, 2.05) is 53.1 Å². The highest BCUT2D eigenvalue weighted by atomic mass is 79.9. The zero-order valence-corrected chi connectivity index (χ0v) is 18.8. The number of para-hydroxylation sites is 2. The van der Waals surface area contributed by atoms with Gasteiger partial charge >= 0.3 is 0 Å². The summed E-state index contributed by atoms with van der Waals surface area (Å²) in [6, 6.07) is 20.1. The molecule has 0 radical (unpaired) electrons. The van der Waals surface area contributed by atoms with Crippen LogP contribution in [0.4, 0.5) is 10.1 Å². The van der Waals surface area contributed by atoms with Gasteiger partial charge in [-0.05, 0) is 42.5 Å². The molecule has 4 nitrogen and oxygen atoms in total. The first kappa shape index (κ1) is 20.2. The van der Waals surface area contributed by atoms with Gasteiger partial charge in [-0.15, -0.1) is 0 Å². The predicted molar refractivity (Wildman–Crippen MR) is 124 cm³/mol. The second-order valence-electron chi connectivity index (χ2n) is 7.63. The molecule has 4 aromatic rings. The summed E-state index contributed by atoms with van der Waals surface area (Å²) in [4.78, 5) is 19.5. The van der Waals surface area contributed by atoms with Crippen molar-refractivity contribution in [2.24, 2.45) is 0 Å². The van der Waals surface area contributed by atoms with Crippen LogP contribution in [0.5, 0.6) is 0 Å². The lowest BCUT2D eigenvalue weighted by Crippen LogP contribution is -2.24. The molecule has 1 fully saturated rings. The van der Waals surface area contributed by atoms with E-state index in [0.717, 1.165) is 27.0 Å². The van der Waals surface area contributed by atoms with E-state index in [2.05, 4.69) is 15.9 Å². The molecule has 0 spiro atoms. The smallest absolute Gasteiger partial charge is 0.227 e. The minimum Gasteiger partial charge on any atom is -0.323 e. The van der Waals surface area contributed by atoms with E-state index in [1.54, 1.807) is 17.0 Å². The minimum atomic E-state index is -0.352. The molecule has 1 atom stereocenters. The molecular weight excluding hydrogens is 481 g/mol. The number of anilines is 1. The lowest BCUT2D eigenvalue weighted by molar-refractivity contribution is -0.117. The fourth-order valence-electron chi connectivity index (χ4n) is 4.19. The summed E-state index contributed by atoms with van der Waals surface area (Å²) in [6.07, 6.45) is 0.348. The van der Waals surface area contributed by atoms with Crippen molar-refractivity contribution in [3.63, 3.8) is 0 Å². The summed E-state index contributed by atoms with van der Waals surface area (Å²) < 4.78 is 17.5. The number of nitrogens with zero attached hydrogens (tertiary/aromatic N) is 3. The molecular formula is C24H18BrClFN3O. The van der Waals surface area contributed by atoms with Crippen LogP contribution < -0.4 is 4.90 Å². The Labute approximate surface area is 192 Å². The van der Waals surface area contributed by atoms with Gasteiger partial charge in [0.25, 0.3) is 0 Å². The van der Waals surface area contributed by atoms with Crippen LogP contribution in [0, 0.1) is 5.82 Å². The fraction of sp³-hybridized carbons (Fsp3) is 0.167. The normalized spacial score (nSPS) is 16.4. The summed E-state index contributed by atoms with van der Waals surface area (Å²) in [5.41, 5.74) is 2.98. The minimum absolute atomic E-state index is 0.0469. The molecule has 1 amide bonds. The molecule has 0 N–H and O–H groups in total. The van der Waals surface area contributed by atoms with Crippen molar-refractivity contribution in [2.75, 3.05) is 11.4 Å². The van der Waals surface area contributed by atoms with Crippen molar-refractivity contribution >= 4 is 50.2 Å². The summed E-state index contributed by atoms with van der Waals surface area (Å²) >= 11 is 9.78. The van der Waals surface area contributed by atoms with E-state index in [4.69, 9.17) is 16.6 Å². The Balaban J connectivity index is 1.56. The van der Waals surface area contributed by atoms with Crippen molar-refractivity contribution in [3.8, 4) is 0 Å². The van der Waals surface area contributed by atoms with Gasteiger partial charge in [-0.3, -0.25) is 4.79 Å². The summed E-state index contributed by atoms with van der Waals surface area (Å²) in [5, 5.41) is 0.377. The lowest BCUT2D eigenvalue weighted by atomic mass is 10.1. The lowest BCUT2D eigenvalue weighted by Gasteiger charge is -2.18. The Hall–Kier alpha value is -2.70. The van der Waals surface area contributed by atoms with Gasteiger partial charge in [0.15, 0.2) is 0 Å². The Bertz CT molecular complexity index is 1280. The Kier molecular flexibility index (Phi) is 5.28. The number of imidazole rings is 1. The van der Waals surface area contributed by atoms with Crippen molar-refractivity contribution < 1.29 is 9.18 Å². The predicted octanol–water partition coefficient (Wildman–Crippen LogP) is 6.16. The zero-order chi connectivity index (χ0) is 21.5. The van der Waals surface area contributed by atoms with E-state index >= 15 is 0 Å². The van der Waals surface area contributed by atoms with Gasteiger partial charge in [-0.25, -0.2) is 9.37 Å². The maximum absolute atomic E-state index is 14.5. The van der Waals surface area contributed by atoms with E-state index < -0.39 is 0 Å². The van der Waals surface area contributed by atoms with Gasteiger partial charge in [-0.1, -0.05) is 51.8 Å². The van der Waals surface area contributed by atoms with Crippen LogP contribution in [0.3, 0.4) is 0 Å². The van der Waals surface area contributed by atoms with Gasteiger partial charge in [0.1, 0.15) is 11.6 Å². The largest absolute Gasteiger partial charge is 0.323 e. The van der Waals surface area contributed by atoms with Crippen LogP contribution in [-0.2, 0) is 11.3 Å². The average Bonchev–Trinajstić information content (AvgIpc) is 3.31. The van der Waals surface area contributed by atoms with Gasteiger partial charge in [0.2, 0.25) is 5.91 Å². The summed E-state index contributed by atoms with van der Waals surface area (Å²) in [6.45, 7) is 0.770. The molecule has 7 heteroatoms. The number of hydrogen-bond donors (Lipinski definition) is 0. The van der Waals surface area contributed by atoms with E-state index in [-0.39, 0.29) is 24.2 Å². The molecule has 2 heterocycles. The maximum atomic E-state index is 14.5. The van der Waals surface area contributed by atoms with E-state index in [9.17, 15) is 9.18 Å². The number of aromatic nitrogens is 2. The number of amides is 1. The van der Waals surface area contributed by atoms with E-state index in [1.165, 1.54) is 6.07 Å². The maximum Gasteiger partial charge on any atom is 0.227 e. The van der Waals surface area contributed by atoms with Crippen LogP contribution in [-0.4, -0.2) is 22.0 Å². The van der Waals surface area contributed by atoms with Crippen LogP contribution in [0.1, 0.15) is 23.7 Å². The third-order valence-corrected chi connectivity index (χ3v) is 6.52. The molecule has 0 aliphatic carbocycles. The third kappa shape index (κ3) is 3.75. The number of halogens is 3. The van der Waals surface area contributed by atoms with Crippen LogP contribution in [0.15, 0.2) is 71.2 Å². The molecule has 1 unspecified atom stereocenters. The van der Waals surface area contributed by atoms with Crippen molar-refractivity contribution in [1.82, 2.24) is 9.55 Å².